The van der Waals surface area contributed by atoms with Gasteiger partial charge in [0.05, 0.1) is 6.61 Å². The Morgan fingerprint density at radius 1 is 1.36 bits per heavy atom. The maximum absolute atomic E-state index is 10.5. The second-order valence-corrected chi connectivity index (χ2v) is 3.37. The number of ether oxygens (including phenoxy) is 2. The summed E-state index contributed by atoms with van der Waals surface area (Å²) in [6.07, 6.45) is -0.831. The van der Waals surface area contributed by atoms with E-state index in [0.29, 0.717) is 0 Å². The van der Waals surface area contributed by atoms with Crippen molar-refractivity contribution in [3.63, 3.8) is 0 Å². The number of hydrogen-bond donors (Lipinski definition) is 1. The van der Waals surface area contributed by atoms with E-state index in [-0.39, 0.29) is 12.0 Å². The molecule has 0 saturated heterocycles. The quantitative estimate of drug-likeness (QED) is 0.488. The van der Waals surface area contributed by atoms with Gasteiger partial charge in [-0.3, -0.25) is 0 Å². The van der Waals surface area contributed by atoms with Gasteiger partial charge in [0, 0.05) is 0 Å². The van der Waals surface area contributed by atoms with Crippen LogP contribution in [0.2, 0.25) is 0 Å². The van der Waals surface area contributed by atoms with Crippen LogP contribution in [0.3, 0.4) is 0 Å². The van der Waals surface area contributed by atoms with E-state index in [1.165, 1.54) is 0 Å². The van der Waals surface area contributed by atoms with E-state index in [1.54, 1.807) is 0 Å². The lowest BCUT2D eigenvalue weighted by molar-refractivity contribution is -0.0166. The highest BCUT2D eigenvalue weighted by Crippen LogP contribution is 2.12. The fourth-order valence-corrected chi connectivity index (χ4v) is 0.370. The van der Waals surface area contributed by atoms with E-state index in [1.807, 2.05) is 20.8 Å². The highest BCUT2D eigenvalue weighted by molar-refractivity contribution is 5.59. The topological polar surface area (TPSA) is 55.8 Å². The summed E-state index contributed by atoms with van der Waals surface area (Å²) in [5.41, 5.74) is -0.0749. The Morgan fingerprint density at radius 2 is 1.91 bits per heavy atom. The lowest BCUT2D eigenvalue weighted by Crippen LogP contribution is -2.19. The average molecular weight is 162 g/mol. The predicted octanol–water partition coefficient (Wildman–Crippen LogP) is 1.14. The van der Waals surface area contributed by atoms with Gasteiger partial charge in [-0.2, -0.15) is 0 Å². The first-order chi connectivity index (χ1) is 4.95. The lowest BCUT2D eigenvalue weighted by atomic mass is 9.99. The summed E-state index contributed by atoms with van der Waals surface area (Å²) in [5, 5.41) is 8.14. The summed E-state index contributed by atoms with van der Waals surface area (Å²) in [6.45, 7) is 5.44. The Labute approximate surface area is 66.1 Å². The highest BCUT2D eigenvalue weighted by Gasteiger charge is 2.13. The molecule has 0 saturated carbocycles. The molecule has 0 amide bonds. The Kier molecular flexibility index (Phi) is 3.89. The van der Waals surface area contributed by atoms with Crippen LogP contribution in [0.15, 0.2) is 0 Å². The van der Waals surface area contributed by atoms with Gasteiger partial charge in [-0.15, -0.1) is 0 Å². The van der Waals surface area contributed by atoms with E-state index in [2.05, 4.69) is 9.47 Å². The first kappa shape index (κ1) is 10.2. The minimum absolute atomic E-state index is 0.0749. The Bertz CT molecular complexity index is 125. The van der Waals surface area contributed by atoms with Gasteiger partial charge < -0.3 is 14.6 Å². The number of carbonyl (C=O) groups is 1. The van der Waals surface area contributed by atoms with Crippen LogP contribution >= 0.6 is 0 Å². The van der Waals surface area contributed by atoms with Crippen LogP contribution < -0.4 is 0 Å². The van der Waals surface area contributed by atoms with Crippen LogP contribution in [-0.2, 0) is 9.47 Å². The van der Waals surface area contributed by atoms with E-state index < -0.39 is 12.9 Å². The number of carbonyl (C=O) groups excluding carboxylic acids is 1. The van der Waals surface area contributed by atoms with Crippen molar-refractivity contribution in [1.29, 1.82) is 0 Å². The zero-order valence-electron chi connectivity index (χ0n) is 7.09. The van der Waals surface area contributed by atoms with Crippen molar-refractivity contribution in [2.24, 2.45) is 5.41 Å². The standard InChI is InChI=1S/C7H14O4/c1-7(2,3)4-10-6(9)11-5-8/h8H,4-5H2,1-3H3. The van der Waals surface area contributed by atoms with Gasteiger partial charge in [0.2, 0.25) is 0 Å². The second-order valence-electron chi connectivity index (χ2n) is 3.37. The predicted molar refractivity (Wildman–Crippen MR) is 39.0 cm³/mol. The van der Waals surface area contributed by atoms with Gasteiger partial charge in [0.25, 0.3) is 0 Å². The van der Waals surface area contributed by atoms with Crippen molar-refractivity contribution in [2.45, 2.75) is 20.8 Å². The molecule has 0 radical (unpaired) electrons. The molecule has 0 fully saturated rings. The van der Waals surface area contributed by atoms with Crippen LogP contribution in [0.1, 0.15) is 20.8 Å². The number of aliphatic hydroxyl groups is 1. The maximum atomic E-state index is 10.5. The molecule has 11 heavy (non-hydrogen) atoms. The largest absolute Gasteiger partial charge is 0.510 e. The Hall–Kier alpha value is -0.770. The molecule has 0 atom stereocenters. The maximum Gasteiger partial charge on any atom is 0.510 e. The molecule has 66 valence electrons. The van der Waals surface area contributed by atoms with Crippen LogP contribution in [0.25, 0.3) is 0 Å². The minimum Gasteiger partial charge on any atom is -0.434 e. The monoisotopic (exact) mass is 162 g/mol. The molecule has 0 bridgehead atoms. The van der Waals surface area contributed by atoms with Crippen molar-refractivity contribution in [2.75, 3.05) is 13.4 Å². The van der Waals surface area contributed by atoms with Crippen molar-refractivity contribution in [3.05, 3.63) is 0 Å². The van der Waals surface area contributed by atoms with E-state index in [0.717, 1.165) is 0 Å². The fraction of sp³-hybridized carbons (Fsp3) is 0.857. The molecule has 0 rings (SSSR count). The zero-order chi connectivity index (χ0) is 8.91. The third kappa shape index (κ3) is 7.12. The summed E-state index contributed by atoms with van der Waals surface area (Å²) in [4.78, 5) is 10.5. The molecule has 0 aliphatic carbocycles. The van der Waals surface area contributed by atoms with Crippen LogP contribution in [-0.4, -0.2) is 24.7 Å². The molecule has 0 unspecified atom stereocenters. The van der Waals surface area contributed by atoms with Crippen LogP contribution in [0.4, 0.5) is 4.79 Å². The smallest absolute Gasteiger partial charge is 0.434 e. The van der Waals surface area contributed by atoms with E-state index in [9.17, 15) is 4.79 Å². The van der Waals surface area contributed by atoms with Crippen molar-refractivity contribution < 1.29 is 19.4 Å². The molecule has 0 aliphatic heterocycles. The summed E-state index contributed by atoms with van der Waals surface area (Å²) in [5.74, 6) is 0. The molecular weight excluding hydrogens is 148 g/mol. The Morgan fingerprint density at radius 3 is 2.27 bits per heavy atom. The Balaban J connectivity index is 3.46. The molecule has 0 aromatic carbocycles. The van der Waals surface area contributed by atoms with Gasteiger partial charge >= 0.3 is 6.16 Å². The fourth-order valence-electron chi connectivity index (χ4n) is 0.370. The number of rotatable bonds is 2. The van der Waals surface area contributed by atoms with E-state index >= 15 is 0 Å². The van der Waals surface area contributed by atoms with Crippen LogP contribution in [0.5, 0.6) is 0 Å². The minimum atomic E-state index is -0.831. The highest BCUT2D eigenvalue weighted by atomic mass is 16.8. The summed E-state index contributed by atoms with van der Waals surface area (Å²) < 4.78 is 8.76. The molecule has 1 N–H and O–H groups in total. The van der Waals surface area contributed by atoms with Crippen molar-refractivity contribution in [3.8, 4) is 0 Å². The molecular formula is C7H14O4. The van der Waals surface area contributed by atoms with Gasteiger partial charge in [0.1, 0.15) is 0 Å². The second kappa shape index (κ2) is 4.18. The molecule has 0 heterocycles. The van der Waals surface area contributed by atoms with Gasteiger partial charge in [-0.1, -0.05) is 20.8 Å². The average Bonchev–Trinajstić information content (AvgIpc) is 1.83. The third-order valence-corrected chi connectivity index (χ3v) is 0.805. The van der Waals surface area contributed by atoms with Gasteiger partial charge in [0.15, 0.2) is 6.79 Å². The molecule has 0 spiro atoms. The number of aliphatic hydroxyl groups excluding tert-OH is 1. The van der Waals surface area contributed by atoms with Crippen molar-refractivity contribution in [1.82, 2.24) is 0 Å². The number of hydrogen-bond acceptors (Lipinski definition) is 4. The summed E-state index contributed by atoms with van der Waals surface area (Å²) in [7, 11) is 0. The third-order valence-electron chi connectivity index (χ3n) is 0.805. The molecule has 4 heteroatoms. The lowest BCUT2D eigenvalue weighted by Gasteiger charge is -2.16. The molecule has 0 aliphatic rings. The van der Waals surface area contributed by atoms with Crippen molar-refractivity contribution >= 4 is 6.16 Å². The molecule has 0 aromatic rings. The van der Waals surface area contributed by atoms with Gasteiger partial charge in [-0.05, 0) is 5.41 Å². The summed E-state index contributed by atoms with van der Waals surface area (Å²) in [6, 6.07) is 0. The molecule has 0 aromatic heterocycles. The van der Waals surface area contributed by atoms with Crippen LogP contribution in [0, 0.1) is 5.41 Å². The SMILES string of the molecule is CC(C)(C)COC(=O)OCO. The van der Waals surface area contributed by atoms with E-state index in [4.69, 9.17) is 5.11 Å². The zero-order valence-corrected chi connectivity index (χ0v) is 7.09. The first-order valence-electron chi connectivity index (χ1n) is 3.36. The molecule has 4 nitrogen and oxygen atoms in total. The first-order valence-corrected chi connectivity index (χ1v) is 3.36. The summed E-state index contributed by atoms with van der Waals surface area (Å²) >= 11 is 0. The van der Waals surface area contributed by atoms with Gasteiger partial charge in [-0.25, -0.2) is 4.79 Å². The normalized spacial score (nSPS) is 10.9.